The highest BCUT2D eigenvalue weighted by molar-refractivity contribution is 5.92. The first kappa shape index (κ1) is 19.5. The number of carbonyl (C=O) groups excluding carboxylic acids is 2. The first-order chi connectivity index (χ1) is 13.6. The van der Waals surface area contributed by atoms with Gasteiger partial charge in [0.25, 0.3) is 0 Å². The summed E-state index contributed by atoms with van der Waals surface area (Å²) < 4.78 is 10.4. The molecule has 1 fully saturated rings. The number of nitrogens with zero attached hydrogens (tertiary/aromatic N) is 1. The Morgan fingerprint density at radius 2 is 1.86 bits per heavy atom. The Labute approximate surface area is 164 Å². The van der Waals surface area contributed by atoms with E-state index in [4.69, 9.17) is 9.47 Å². The second kappa shape index (κ2) is 9.12. The fraction of sp³-hybridized carbons (Fsp3) is 0.333. The molecule has 3 rings (SSSR count). The van der Waals surface area contributed by atoms with Crippen LogP contribution in [0.5, 0.6) is 11.5 Å². The van der Waals surface area contributed by atoms with Gasteiger partial charge in [0.1, 0.15) is 11.5 Å². The highest BCUT2D eigenvalue weighted by Gasteiger charge is 2.30. The summed E-state index contributed by atoms with van der Waals surface area (Å²) in [7, 11) is 3.18. The van der Waals surface area contributed by atoms with Crippen molar-refractivity contribution in [1.82, 2.24) is 10.2 Å². The van der Waals surface area contributed by atoms with Crippen LogP contribution >= 0.6 is 0 Å². The monoisotopic (exact) mass is 383 g/mol. The Balaban J connectivity index is 1.48. The molecule has 0 aliphatic carbocycles. The van der Waals surface area contributed by atoms with Crippen LogP contribution < -0.4 is 20.1 Å². The van der Waals surface area contributed by atoms with Gasteiger partial charge in [0.05, 0.1) is 25.9 Å². The Morgan fingerprint density at radius 3 is 2.57 bits per heavy atom. The van der Waals surface area contributed by atoms with Gasteiger partial charge in [0, 0.05) is 19.5 Å². The van der Waals surface area contributed by atoms with Crippen LogP contribution in [0.15, 0.2) is 48.5 Å². The smallest absolute Gasteiger partial charge is 0.319 e. The number of hydrogen-bond donors (Lipinski definition) is 2. The highest BCUT2D eigenvalue weighted by Crippen LogP contribution is 2.23. The second-order valence-corrected chi connectivity index (χ2v) is 6.64. The molecule has 1 aliphatic rings. The normalized spacial score (nSPS) is 16.0. The predicted octanol–water partition coefficient (Wildman–Crippen LogP) is 2.67. The van der Waals surface area contributed by atoms with Crippen LogP contribution in [0.2, 0.25) is 0 Å². The molecule has 0 unspecified atom stereocenters. The fourth-order valence-corrected chi connectivity index (χ4v) is 3.23. The summed E-state index contributed by atoms with van der Waals surface area (Å²) in [6.45, 7) is 1.13. The first-order valence-corrected chi connectivity index (χ1v) is 9.20. The number of nitrogens with one attached hydrogen (secondary N) is 2. The molecule has 0 bridgehead atoms. The van der Waals surface area contributed by atoms with E-state index in [0.29, 0.717) is 30.9 Å². The van der Waals surface area contributed by atoms with E-state index in [2.05, 4.69) is 10.6 Å². The molecule has 0 spiro atoms. The maximum atomic E-state index is 12.3. The zero-order chi connectivity index (χ0) is 19.9. The minimum Gasteiger partial charge on any atom is -0.497 e. The Morgan fingerprint density at radius 1 is 1.11 bits per heavy atom. The molecule has 2 aromatic carbocycles. The van der Waals surface area contributed by atoms with Crippen LogP contribution in [0.3, 0.4) is 0 Å². The SMILES string of the molecule is COc1ccc(CCN2C[C@H](NC(=O)Nc3ccccc3OC)CC2=O)cc1. The van der Waals surface area contributed by atoms with Crippen molar-refractivity contribution in [2.75, 3.05) is 32.6 Å². The van der Waals surface area contributed by atoms with Crippen LogP contribution in [-0.2, 0) is 11.2 Å². The number of amides is 3. The van der Waals surface area contributed by atoms with Crippen LogP contribution in [-0.4, -0.2) is 50.2 Å². The molecular formula is C21H25N3O4. The number of ether oxygens (including phenoxy) is 2. The van der Waals surface area contributed by atoms with E-state index >= 15 is 0 Å². The average Bonchev–Trinajstić information content (AvgIpc) is 3.06. The molecule has 1 saturated heterocycles. The maximum Gasteiger partial charge on any atom is 0.319 e. The first-order valence-electron chi connectivity index (χ1n) is 9.20. The molecule has 0 radical (unpaired) electrons. The predicted molar refractivity (Wildman–Crippen MR) is 107 cm³/mol. The van der Waals surface area contributed by atoms with Gasteiger partial charge in [-0.3, -0.25) is 4.79 Å². The molecule has 2 N–H and O–H groups in total. The van der Waals surface area contributed by atoms with E-state index in [1.807, 2.05) is 36.4 Å². The van der Waals surface area contributed by atoms with E-state index in [-0.39, 0.29) is 18.0 Å². The molecule has 3 amide bonds. The van der Waals surface area contributed by atoms with Gasteiger partial charge in [-0.05, 0) is 36.2 Å². The maximum absolute atomic E-state index is 12.3. The third-order valence-electron chi connectivity index (χ3n) is 4.73. The third-order valence-corrected chi connectivity index (χ3v) is 4.73. The molecule has 28 heavy (non-hydrogen) atoms. The number of likely N-dealkylation sites (tertiary alicyclic amines) is 1. The van der Waals surface area contributed by atoms with E-state index in [1.54, 1.807) is 31.3 Å². The summed E-state index contributed by atoms with van der Waals surface area (Å²) in [6, 6.07) is 14.4. The molecule has 148 valence electrons. The van der Waals surface area contributed by atoms with Crippen molar-refractivity contribution in [2.24, 2.45) is 0 Å². The van der Waals surface area contributed by atoms with Gasteiger partial charge in [0.2, 0.25) is 5.91 Å². The molecule has 1 atom stereocenters. The summed E-state index contributed by atoms with van der Waals surface area (Å²) in [5.74, 6) is 1.45. The van der Waals surface area contributed by atoms with Gasteiger partial charge in [-0.1, -0.05) is 24.3 Å². The van der Waals surface area contributed by atoms with Crippen molar-refractivity contribution in [1.29, 1.82) is 0 Å². The lowest BCUT2D eigenvalue weighted by Crippen LogP contribution is -2.40. The Kier molecular flexibility index (Phi) is 6.37. The van der Waals surface area contributed by atoms with Gasteiger partial charge < -0.3 is 25.0 Å². The number of benzene rings is 2. The summed E-state index contributed by atoms with van der Waals surface area (Å²) in [5.41, 5.74) is 1.72. The average molecular weight is 383 g/mol. The van der Waals surface area contributed by atoms with E-state index in [9.17, 15) is 9.59 Å². The number of methoxy groups -OCH3 is 2. The Bertz CT molecular complexity index is 823. The molecular weight excluding hydrogens is 358 g/mol. The summed E-state index contributed by atoms with van der Waals surface area (Å²) >= 11 is 0. The lowest BCUT2D eigenvalue weighted by atomic mass is 10.1. The van der Waals surface area contributed by atoms with Crippen molar-refractivity contribution >= 4 is 17.6 Å². The van der Waals surface area contributed by atoms with Gasteiger partial charge in [0.15, 0.2) is 0 Å². The van der Waals surface area contributed by atoms with Crippen LogP contribution in [0.1, 0.15) is 12.0 Å². The summed E-state index contributed by atoms with van der Waals surface area (Å²) in [4.78, 5) is 26.3. The van der Waals surface area contributed by atoms with Crippen LogP contribution in [0.4, 0.5) is 10.5 Å². The molecule has 7 heteroatoms. The number of anilines is 1. The highest BCUT2D eigenvalue weighted by atomic mass is 16.5. The van der Waals surface area contributed by atoms with Gasteiger partial charge >= 0.3 is 6.03 Å². The van der Waals surface area contributed by atoms with Gasteiger partial charge in [-0.2, -0.15) is 0 Å². The molecule has 7 nitrogen and oxygen atoms in total. The Hall–Kier alpha value is -3.22. The fourth-order valence-electron chi connectivity index (χ4n) is 3.23. The molecule has 1 aliphatic heterocycles. The summed E-state index contributed by atoms with van der Waals surface area (Å²) in [5, 5.41) is 5.64. The molecule has 0 aromatic heterocycles. The zero-order valence-electron chi connectivity index (χ0n) is 16.1. The van der Waals surface area contributed by atoms with E-state index in [0.717, 1.165) is 17.7 Å². The third kappa shape index (κ3) is 4.94. The van der Waals surface area contributed by atoms with Gasteiger partial charge in [-0.25, -0.2) is 4.79 Å². The molecule has 1 heterocycles. The minimum atomic E-state index is -0.348. The lowest BCUT2D eigenvalue weighted by molar-refractivity contribution is -0.127. The van der Waals surface area contributed by atoms with E-state index in [1.165, 1.54) is 0 Å². The largest absolute Gasteiger partial charge is 0.497 e. The van der Waals surface area contributed by atoms with Crippen LogP contribution in [0.25, 0.3) is 0 Å². The van der Waals surface area contributed by atoms with Crippen molar-refractivity contribution in [2.45, 2.75) is 18.9 Å². The number of carbonyl (C=O) groups is 2. The van der Waals surface area contributed by atoms with Crippen molar-refractivity contribution < 1.29 is 19.1 Å². The van der Waals surface area contributed by atoms with Crippen molar-refractivity contribution in [3.63, 3.8) is 0 Å². The molecule has 2 aromatic rings. The topological polar surface area (TPSA) is 79.9 Å². The standard InChI is InChI=1S/C21H25N3O4/c1-27-17-9-7-15(8-10-17)11-12-24-14-16(13-20(24)25)22-21(26)23-18-5-3-4-6-19(18)28-2/h3-10,16H,11-14H2,1-2H3,(H2,22,23,26)/t16-/m1/s1. The number of rotatable bonds is 7. The quantitative estimate of drug-likeness (QED) is 0.770. The number of urea groups is 1. The van der Waals surface area contributed by atoms with E-state index < -0.39 is 0 Å². The molecule has 0 saturated carbocycles. The minimum absolute atomic E-state index is 0.0519. The van der Waals surface area contributed by atoms with Crippen molar-refractivity contribution in [3.05, 3.63) is 54.1 Å². The number of hydrogen-bond acceptors (Lipinski definition) is 4. The van der Waals surface area contributed by atoms with Crippen molar-refractivity contribution in [3.8, 4) is 11.5 Å². The zero-order valence-corrected chi connectivity index (χ0v) is 16.1. The second-order valence-electron chi connectivity index (χ2n) is 6.64. The van der Waals surface area contributed by atoms with Crippen LogP contribution in [0, 0.1) is 0 Å². The number of para-hydroxylation sites is 2. The van der Waals surface area contributed by atoms with Gasteiger partial charge in [-0.15, -0.1) is 0 Å². The lowest BCUT2D eigenvalue weighted by Gasteiger charge is -2.18. The summed E-state index contributed by atoms with van der Waals surface area (Å²) in [6.07, 6.45) is 1.07.